The van der Waals surface area contributed by atoms with E-state index in [1.165, 1.54) is 0 Å². The standard InChI is InChI=1S/C13H26N2O2.ClH/c1-9(2)6-12-8-11(4-5-17-12)15-13(16)7-10(3)14;/h9-12H,4-8,14H2,1-3H3,(H,15,16);1H. The van der Waals surface area contributed by atoms with Gasteiger partial charge in [-0.15, -0.1) is 12.4 Å². The van der Waals surface area contributed by atoms with Gasteiger partial charge in [-0.3, -0.25) is 4.79 Å². The lowest BCUT2D eigenvalue weighted by molar-refractivity contribution is -0.123. The quantitative estimate of drug-likeness (QED) is 0.807. The molecule has 0 bridgehead atoms. The number of carbonyl (C=O) groups excluding carboxylic acids is 1. The maximum atomic E-state index is 11.6. The van der Waals surface area contributed by atoms with Crippen molar-refractivity contribution in [2.24, 2.45) is 11.7 Å². The van der Waals surface area contributed by atoms with Crippen LogP contribution in [0.3, 0.4) is 0 Å². The van der Waals surface area contributed by atoms with Crippen molar-refractivity contribution in [3.05, 3.63) is 0 Å². The van der Waals surface area contributed by atoms with Gasteiger partial charge in [0.15, 0.2) is 0 Å². The molecular weight excluding hydrogens is 252 g/mol. The lowest BCUT2D eigenvalue weighted by Crippen LogP contribution is -2.43. The molecule has 1 rings (SSSR count). The van der Waals surface area contributed by atoms with Crippen LogP contribution in [0.4, 0.5) is 0 Å². The molecule has 0 aromatic rings. The van der Waals surface area contributed by atoms with Gasteiger partial charge in [-0.05, 0) is 32.1 Å². The summed E-state index contributed by atoms with van der Waals surface area (Å²) in [5, 5.41) is 3.05. The molecule has 0 spiro atoms. The third kappa shape index (κ3) is 7.19. The highest BCUT2D eigenvalue weighted by molar-refractivity contribution is 5.85. The molecule has 1 fully saturated rings. The monoisotopic (exact) mass is 278 g/mol. The molecule has 3 unspecified atom stereocenters. The van der Waals surface area contributed by atoms with Crippen molar-refractivity contribution < 1.29 is 9.53 Å². The van der Waals surface area contributed by atoms with Gasteiger partial charge in [0.2, 0.25) is 5.91 Å². The SMILES string of the molecule is CC(C)CC1CC(NC(=O)CC(C)N)CCO1.Cl. The fraction of sp³-hybridized carbons (Fsp3) is 0.923. The minimum Gasteiger partial charge on any atom is -0.378 e. The van der Waals surface area contributed by atoms with Gasteiger partial charge in [-0.25, -0.2) is 0 Å². The van der Waals surface area contributed by atoms with Gasteiger partial charge in [0.1, 0.15) is 0 Å². The summed E-state index contributed by atoms with van der Waals surface area (Å²) in [6, 6.07) is 0.194. The number of amides is 1. The third-order valence-electron chi connectivity index (χ3n) is 2.97. The molecule has 0 aromatic heterocycles. The first kappa shape index (κ1) is 17.7. The van der Waals surface area contributed by atoms with Crippen LogP contribution in [-0.2, 0) is 9.53 Å². The molecule has 1 amide bonds. The maximum Gasteiger partial charge on any atom is 0.221 e. The van der Waals surface area contributed by atoms with Gasteiger partial charge in [-0.1, -0.05) is 13.8 Å². The number of nitrogens with one attached hydrogen (secondary N) is 1. The molecule has 3 N–H and O–H groups in total. The number of carbonyl (C=O) groups is 1. The Labute approximate surface area is 116 Å². The smallest absolute Gasteiger partial charge is 0.221 e. The summed E-state index contributed by atoms with van der Waals surface area (Å²) in [5.41, 5.74) is 5.61. The minimum absolute atomic E-state index is 0. The average molecular weight is 279 g/mol. The number of ether oxygens (including phenoxy) is 1. The van der Waals surface area contributed by atoms with Crippen LogP contribution in [-0.4, -0.2) is 30.7 Å². The Kier molecular flexibility index (Phi) is 8.57. The molecule has 1 heterocycles. The zero-order chi connectivity index (χ0) is 12.8. The predicted octanol–water partition coefficient (Wildman–Crippen LogP) is 1.86. The number of hydrogen-bond acceptors (Lipinski definition) is 3. The van der Waals surface area contributed by atoms with Crippen LogP contribution in [0.2, 0.25) is 0 Å². The third-order valence-corrected chi connectivity index (χ3v) is 2.97. The molecule has 0 radical (unpaired) electrons. The topological polar surface area (TPSA) is 64.4 Å². The van der Waals surface area contributed by atoms with E-state index in [1.54, 1.807) is 0 Å². The summed E-state index contributed by atoms with van der Waals surface area (Å²) in [5.74, 6) is 0.703. The normalized spacial score (nSPS) is 25.4. The number of rotatable bonds is 5. The van der Waals surface area contributed by atoms with Gasteiger partial charge in [0.25, 0.3) is 0 Å². The van der Waals surface area contributed by atoms with Crippen LogP contribution in [0.15, 0.2) is 0 Å². The molecule has 1 aliphatic rings. The molecule has 0 aromatic carbocycles. The lowest BCUT2D eigenvalue weighted by Gasteiger charge is -2.31. The summed E-state index contributed by atoms with van der Waals surface area (Å²) < 4.78 is 5.71. The Bertz CT molecular complexity index is 247. The average Bonchev–Trinajstić information content (AvgIpc) is 2.14. The van der Waals surface area contributed by atoms with Crippen molar-refractivity contribution in [2.75, 3.05) is 6.61 Å². The molecular formula is C13H27ClN2O2. The first-order valence-electron chi connectivity index (χ1n) is 6.64. The van der Waals surface area contributed by atoms with Crippen LogP contribution in [0.5, 0.6) is 0 Å². The van der Waals surface area contributed by atoms with E-state index in [-0.39, 0.29) is 30.4 Å². The molecule has 1 saturated heterocycles. The fourth-order valence-electron chi connectivity index (χ4n) is 2.28. The van der Waals surface area contributed by atoms with E-state index in [2.05, 4.69) is 19.2 Å². The highest BCUT2D eigenvalue weighted by Gasteiger charge is 2.24. The van der Waals surface area contributed by atoms with Gasteiger partial charge in [0, 0.05) is 25.1 Å². The van der Waals surface area contributed by atoms with Gasteiger partial charge in [-0.2, -0.15) is 0 Å². The summed E-state index contributed by atoms with van der Waals surface area (Å²) >= 11 is 0. The number of halogens is 1. The molecule has 18 heavy (non-hydrogen) atoms. The lowest BCUT2D eigenvalue weighted by atomic mass is 9.96. The van der Waals surface area contributed by atoms with E-state index in [9.17, 15) is 4.79 Å². The summed E-state index contributed by atoms with van der Waals surface area (Å²) in [4.78, 5) is 11.6. The molecule has 4 nitrogen and oxygen atoms in total. The second kappa shape index (κ2) is 8.73. The van der Waals surface area contributed by atoms with Crippen LogP contribution < -0.4 is 11.1 Å². The Morgan fingerprint density at radius 2 is 2.11 bits per heavy atom. The van der Waals surface area contributed by atoms with Gasteiger partial charge >= 0.3 is 0 Å². The minimum atomic E-state index is -0.0682. The molecule has 0 aliphatic carbocycles. The molecule has 0 saturated carbocycles. The number of hydrogen-bond donors (Lipinski definition) is 2. The first-order valence-corrected chi connectivity index (χ1v) is 6.64. The fourth-order valence-corrected chi connectivity index (χ4v) is 2.28. The molecule has 5 heteroatoms. The summed E-state index contributed by atoms with van der Waals surface area (Å²) in [7, 11) is 0. The van der Waals surface area contributed by atoms with Gasteiger partial charge < -0.3 is 15.8 Å². The first-order chi connectivity index (χ1) is 7.97. The van der Waals surface area contributed by atoms with Crippen LogP contribution in [0, 0.1) is 5.92 Å². The van der Waals surface area contributed by atoms with Crippen LogP contribution in [0.1, 0.15) is 46.5 Å². The predicted molar refractivity (Wildman–Crippen MR) is 75.9 cm³/mol. The van der Waals surface area contributed by atoms with Gasteiger partial charge in [0.05, 0.1) is 6.10 Å². The second-order valence-electron chi connectivity index (χ2n) is 5.59. The maximum absolute atomic E-state index is 11.6. The highest BCUT2D eigenvalue weighted by Crippen LogP contribution is 2.20. The van der Waals surface area contributed by atoms with E-state index in [4.69, 9.17) is 10.5 Å². The van der Waals surface area contributed by atoms with E-state index in [0.29, 0.717) is 18.4 Å². The highest BCUT2D eigenvalue weighted by atomic mass is 35.5. The van der Waals surface area contributed by atoms with E-state index >= 15 is 0 Å². The zero-order valence-corrected chi connectivity index (χ0v) is 12.5. The molecule has 1 aliphatic heterocycles. The summed E-state index contributed by atoms with van der Waals surface area (Å²) in [6.45, 7) is 6.99. The Hall–Kier alpha value is -0.320. The van der Waals surface area contributed by atoms with Crippen molar-refractivity contribution in [3.63, 3.8) is 0 Å². The zero-order valence-electron chi connectivity index (χ0n) is 11.6. The van der Waals surface area contributed by atoms with Crippen molar-refractivity contribution >= 4 is 18.3 Å². The van der Waals surface area contributed by atoms with Crippen LogP contribution >= 0.6 is 12.4 Å². The summed E-state index contributed by atoms with van der Waals surface area (Å²) in [6.07, 6.45) is 3.62. The second-order valence-corrected chi connectivity index (χ2v) is 5.59. The van der Waals surface area contributed by atoms with Crippen molar-refractivity contribution in [2.45, 2.75) is 64.6 Å². The van der Waals surface area contributed by atoms with Crippen molar-refractivity contribution in [1.82, 2.24) is 5.32 Å². The number of nitrogens with two attached hydrogens (primary N) is 1. The van der Waals surface area contributed by atoms with E-state index in [0.717, 1.165) is 25.9 Å². The Morgan fingerprint density at radius 3 is 2.67 bits per heavy atom. The molecule has 3 atom stereocenters. The Morgan fingerprint density at radius 1 is 1.44 bits per heavy atom. The van der Waals surface area contributed by atoms with Crippen molar-refractivity contribution in [3.8, 4) is 0 Å². The largest absolute Gasteiger partial charge is 0.378 e. The molecule has 108 valence electrons. The van der Waals surface area contributed by atoms with Crippen LogP contribution in [0.25, 0.3) is 0 Å². The Balaban J connectivity index is 0.00000289. The van der Waals surface area contributed by atoms with E-state index < -0.39 is 0 Å². The van der Waals surface area contributed by atoms with Crippen molar-refractivity contribution in [1.29, 1.82) is 0 Å². The van der Waals surface area contributed by atoms with E-state index in [1.807, 2.05) is 6.92 Å².